The van der Waals surface area contributed by atoms with Gasteiger partial charge in [-0.1, -0.05) is 29.3 Å². The van der Waals surface area contributed by atoms with Crippen LogP contribution in [0, 0.1) is 0 Å². The zero-order valence-corrected chi connectivity index (χ0v) is 14.5. The molecule has 0 radical (unpaired) electrons. The summed E-state index contributed by atoms with van der Waals surface area (Å²) in [6, 6.07) is 10.7. The van der Waals surface area contributed by atoms with Gasteiger partial charge in [-0.2, -0.15) is 0 Å². The molecule has 2 aromatic rings. The highest BCUT2D eigenvalue weighted by Crippen LogP contribution is 2.24. The maximum Gasteiger partial charge on any atom is 0.260 e. The molecule has 1 amide bonds. The maximum absolute atomic E-state index is 12.3. The second-order valence-electron chi connectivity index (χ2n) is 5.45. The van der Waals surface area contributed by atoms with Crippen LogP contribution in [0.25, 0.3) is 0 Å². The van der Waals surface area contributed by atoms with Crippen molar-refractivity contribution in [3.8, 4) is 5.75 Å². The zero-order valence-electron chi connectivity index (χ0n) is 13.0. The van der Waals surface area contributed by atoms with Crippen LogP contribution in [0.1, 0.15) is 0 Å². The minimum Gasteiger partial charge on any atom is -0.484 e. The van der Waals surface area contributed by atoms with E-state index in [1.807, 2.05) is 18.2 Å². The van der Waals surface area contributed by atoms with E-state index in [1.54, 1.807) is 29.3 Å². The molecule has 1 fully saturated rings. The molecule has 0 N–H and O–H groups in total. The number of benzene rings is 1. The van der Waals surface area contributed by atoms with Gasteiger partial charge in [-0.25, -0.2) is 4.98 Å². The van der Waals surface area contributed by atoms with Gasteiger partial charge in [0.2, 0.25) is 0 Å². The number of ether oxygens (including phenoxy) is 1. The fourth-order valence-corrected chi connectivity index (χ4v) is 3.08. The summed E-state index contributed by atoms with van der Waals surface area (Å²) in [5.74, 6) is 1.38. The van der Waals surface area contributed by atoms with E-state index < -0.39 is 0 Å². The van der Waals surface area contributed by atoms with Gasteiger partial charge in [0.05, 0.1) is 0 Å². The van der Waals surface area contributed by atoms with Gasteiger partial charge in [0.25, 0.3) is 5.91 Å². The van der Waals surface area contributed by atoms with E-state index in [1.165, 1.54) is 0 Å². The molecule has 3 rings (SSSR count). The summed E-state index contributed by atoms with van der Waals surface area (Å²) < 4.78 is 5.51. The number of anilines is 1. The Balaban J connectivity index is 1.50. The third kappa shape index (κ3) is 4.30. The van der Waals surface area contributed by atoms with Crippen LogP contribution in [0.2, 0.25) is 10.0 Å². The molecule has 0 aliphatic carbocycles. The Morgan fingerprint density at radius 3 is 2.42 bits per heavy atom. The summed E-state index contributed by atoms with van der Waals surface area (Å²) in [6.45, 7) is 2.78. The number of amides is 1. The summed E-state index contributed by atoms with van der Waals surface area (Å²) in [5, 5.41) is 0.961. The van der Waals surface area contributed by atoms with Crippen molar-refractivity contribution in [1.82, 2.24) is 9.88 Å². The molecular formula is C17H17Cl2N3O2. The number of hydrogen-bond donors (Lipinski definition) is 0. The van der Waals surface area contributed by atoms with Crippen molar-refractivity contribution in [1.29, 1.82) is 0 Å². The van der Waals surface area contributed by atoms with Crippen molar-refractivity contribution in [2.75, 3.05) is 37.7 Å². The van der Waals surface area contributed by atoms with Gasteiger partial charge in [-0.05, 0) is 30.3 Å². The molecule has 1 aliphatic heterocycles. The first kappa shape index (κ1) is 16.9. The highest BCUT2D eigenvalue weighted by Gasteiger charge is 2.22. The van der Waals surface area contributed by atoms with Crippen LogP contribution in [-0.2, 0) is 4.79 Å². The molecule has 0 spiro atoms. The normalized spacial score (nSPS) is 14.6. The van der Waals surface area contributed by atoms with Crippen molar-refractivity contribution >= 4 is 34.9 Å². The lowest BCUT2D eigenvalue weighted by Gasteiger charge is -2.35. The first-order valence-corrected chi connectivity index (χ1v) is 8.40. The first-order chi connectivity index (χ1) is 11.6. The van der Waals surface area contributed by atoms with Crippen molar-refractivity contribution in [2.45, 2.75) is 0 Å². The number of pyridine rings is 1. The molecule has 0 bridgehead atoms. The van der Waals surface area contributed by atoms with Crippen LogP contribution in [0.4, 0.5) is 5.82 Å². The second kappa shape index (κ2) is 7.73. The van der Waals surface area contributed by atoms with Crippen LogP contribution < -0.4 is 9.64 Å². The number of piperazine rings is 1. The smallest absolute Gasteiger partial charge is 0.260 e. The van der Waals surface area contributed by atoms with E-state index in [2.05, 4.69) is 9.88 Å². The second-order valence-corrected chi connectivity index (χ2v) is 6.32. The van der Waals surface area contributed by atoms with E-state index in [0.717, 1.165) is 18.9 Å². The van der Waals surface area contributed by atoms with Crippen molar-refractivity contribution in [2.24, 2.45) is 0 Å². The Kier molecular flexibility index (Phi) is 5.43. The molecular weight excluding hydrogens is 349 g/mol. The molecule has 126 valence electrons. The molecule has 2 heterocycles. The third-order valence-electron chi connectivity index (χ3n) is 3.80. The highest BCUT2D eigenvalue weighted by atomic mass is 35.5. The minimum absolute atomic E-state index is 0.0275. The van der Waals surface area contributed by atoms with E-state index in [4.69, 9.17) is 27.9 Å². The van der Waals surface area contributed by atoms with E-state index in [0.29, 0.717) is 28.9 Å². The van der Waals surface area contributed by atoms with Crippen LogP contribution in [0.3, 0.4) is 0 Å². The summed E-state index contributed by atoms with van der Waals surface area (Å²) >= 11 is 11.8. The molecule has 1 saturated heterocycles. The molecule has 5 nitrogen and oxygen atoms in total. The Labute approximate surface area is 150 Å². The van der Waals surface area contributed by atoms with Crippen molar-refractivity contribution < 1.29 is 9.53 Å². The summed E-state index contributed by atoms with van der Waals surface area (Å²) in [6.07, 6.45) is 1.77. The van der Waals surface area contributed by atoms with Gasteiger partial charge in [0.1, 0.15) is 11.6 Å². The first-order valence-electron chi connectivity index (χ1n) is 7.64. The number of carbonyl (C=O) groups excluding carboxylic acids is 1. The number of rotatable bonds is 4. The third-order valence-corrected chi connectivity index (χ3v) is 4.24. The van der Waals surface area contributed by atoms with Gasteiger partial charge in [-0.15, -0.1) is 0 Å². The summed E-state index contributed by atoms with van der Waals surface area (Å²) in [7, 11) is 0. The van der Waals surface area contributed by atoms with E-state index in [9.17, 15) is 4.79 Å². The van der Waals surface area contributed by atoms with Gasteiger partial charge in [-0.3, -0.25) is 4.79 Å². The number of halogens is 2. The highest BCUT2D eigenvalue weighted by molar-refractivity contribution is 6.34. The standard InChI is InChI=1S/C17H17Cl2N3O2/c18-13-9-14(19)11-15(10-13)24-12-17(23)22-7-5-21(6-8-22)16-3-1-2-4-20-16/h1-4,9-11H,5-8,12H2. The number of carbonyl (C=O) groups is 1. The monoisotopic (exact) mass is 365 g/mol. The number of hydrogen-bond acceptors (Lipinski definition) is 4. The largest absolute Gasteiger partial charge is 0.484 e. The van der Waals surface area contributed by atoms with Crippen molar-refractivity contribution in [3.05, 3.63) is 52.6 Å². The molecule has 7 heteroatoms. The maximum atomic E-state index is 12.3. The Morgan fingerprint density at radius 2 is 1.79 bits per heavy atom. The number of nitrogens with zero attached hydrogens (tertiary/aromatic N) is 3. The molecule has 24 heavy (non-hydrogen) atoms. The summed E-state index contributed by atoms with van der Waals surface area (Å²) in [4.78, 5) is 20.6. The van der Waals surface area contributed by atoms with Crippen LogP contribution in [-0.4, -0.2) is 48.6 Å². The average molecular weight is 366 g/mol. The van der Waals surface area contributed by atoms with Gasteiger partial charge in [0, 0.05) is 42.4 Å². The molecule has 1 aliphatic rings. The van der Waals surface area contributed by atoms with E-state index in [-0.39, 0.29) is 12.5 Å². The van der Waals surface area contributed by atoms with Crippen LogP contribution >= 0.6 is 23.2 Å². The fourth-order valence-electron chi connectivity index (χ4n) is 2.57. The SMILES string of the molecule is O=C(COc1cc(Cl)cc(Cl)c1)N1CCN(c2ccccn2)CC1. The fraction of sp³-hybridized carbons (Fsp3) is 0.294. The zero-order chi connectivity index (χ0) is 16.9. The Morgan fingerprint density at radius 1 is 1.08 bits per heavy atom. The quantitative estimate of drug-likeness (QED) is 0.834. The van der Waals surface area contributed by atoms with Gasteiger partial charge >= 0.3 is 0 Å². The van der Waals surface area contributed by atoms with Gasteiger partial charge < -0.3 is 14.5 Å². The van der Waals surface area contributed by atoms with E-state index >= 15 is 0 Å². The lowest BCUT2D eigenvalue weighted by atomic mass is 10.3. The minimum atomic E-state index is -0.0493. The van der Waals surface area contributed by atoms with Crippen LogP contribution in [0.15, 0.2) is 42.6 Å². The average Bonchev–Trinajstić information content (AvgIpc) is 2.60. The number of aromatic nitrogens is 1. The topological polar surface area (TPSA) is 45.7 Å². The predicted molar refractivity (Wildman–Crippen MR) is 95.0 cm³/mol. The molecule has 0 saturated carbocycles. The summed E-state index contributed by atoms with van der Waals surface area (Å²) in [5.41, 5.74) is 0. The molecule has 0 atom stereocenters. The lowest BCUT2D eigenvalue weighted by Crippen LogP contribution is -2.50. The lowest BCUT2D eigenvalue weighted by molar-refractivity contribution is -0.133. The molecule has 1 aromatic carbocycles. The molecule has 1 aromatic heterocycles. The van der Waals surface area contributed by atoms with Crippen LogP contribution in [0.5, 0.6) is 5.75 Å². The molecule has 0 unspecified atom stereocenters. The predicted octanol–water partition coefficient (Wildman–Crippen LogP) is 3.12. The Bertz CT molecular complexity index is 684. The Hall–Kier alpha value is -1.98. The van der Waals surface area contributed by atoms with Crippen molar-refractivity contribution in [3.63, 3.8) is 0 Å². The van der Waals surface area contributed by atoms with Gasteiger partial charge in [0.15, 0.2) is 6.61 Å².